The summed E-state index contributed by atoms with van der Waals surface area (Å²) in [4.78, 5) is 26.5. The van der Waals surface area contributed by atoms with E-state index >= 15 is 0 Å². The Bertz CT molecular complexity index is 230. The molecule has 0 spiro atoms. The molecule has 19 heavy (non-hydrogen) atoms. The van der Waals surface area contributed by atoms with Gasteiger partial charge in [-0.25, -0.2) is 26.3 Å². The molecule has 0 aliphatic rings. The molecule has 0 heterocycles. The van der Waals surface area contributed by atoms with Crippen molar-refractivity contribution in [2.24, 2.45) is 0 Å². The van der Waals surface area contributed by atoms with Crippen molar-refractivity contribution >= 4 is 26.3 Å². The van der Waals surface area contributed by atoms with Crippen LogP contribution in [-0.2, 0) is 14.4 Å². The van der Waals surface area contributed by atoms with Gasteiger partial charge in [0.1, 0.15) is 17.9 Å². The number of halogens is 6. The van der Waals surface area contributed by atoms with Crippen LogP contribution in [0.5, 0.6) is 0 Å². The molecule has 0 rings (SSSR count). The van der Waals surface area contributed by atoms with Crippen LogP contribution in [0.3, 0.4) is 0 Å². The summed E-state index contributed by atoms with van der Waals surface area (Å²) in [7, 11) is 0. The van der Waals surface area contributed by atoms with Gasteiger partial charge in [0.05, 0.1) is 0 Å². The Morgan fingerprint density at radius 3 is 0.632 bits per heavy atom. The average Bonchev–Trinajstić information content (AvgIpc) is 2.18. The minimum atomic E-state index is -3.34. The molecule has 0 aliphatic heterocycles. The van der Waals surface area contributed by atoms with Crippen LogP contribution in [-0.4, -0.2) is 45.6 Å². The third-order valence-electron chi connectivity index (χ3n) is 0.535. The molecule has 6 nitrogen and oxygen atoms in total. The van der Waals surface area contributed by atoms with Crippen molar-refractivity contribution in [1.82, 2.24) is 0 Å². The van der Waals surface area contributed by atoms with Gasteiger partial charge in [-0.1, -0.05) is 0 Å². The second kappa shape index (κ2) is 14.1. The molecule has 0 bridgehead atoms. The molecule has 0 saturated carbocycles. The van der Waals surface area contributed by atoms with E-state index in [1.807, 2.05) is 0 Å². The van der Waals surface area contributed by atoms with Gasteiger partial charge in [0.25, 0.3) is 19.3 Å². The first-order valence-corrected chi connectivity index (χ1v) is 3.40. The van der Waals surface area contributed by atoms with E-state index in [0.29, 0.717) is 0 Å². The molecule has 0 aromatic heterocycles. The SMILES string of the molecule is O=C([O-])C(F)F.O=C([O-])C(F)F.O=C([O-])C(F)F.[B+3]. The topological polar surface area (TPSA) is 120 Å². The number of carbonyl (C=O) groups excluding carboxylic acids is 3. The monoisotopic (exact) mass is 296 g/mol. The van der Waals surface area contributed by atoms with Gasteiger partial charge in [-0.15, -0.1) is 0 Å². The van der Waals surface area contributed by atoms with Gasteiger partial charge >= 0.3 is 8.41 Å². The molecular formula is C6H3BF6O6. The molecule has 0 unspecified atom stereocenters. The quantitative estimate of drug-likeness (QED) is 0.396. The van der Waals surface area contributed by atoms with Crippen molar-refractivity contribution in [3.63, 3.8) is 0 Å². The number of rotatable bonds is 3. The van der Waals surface area contributed by atoms with Crippen molar-refractivity contribution < 1.29 is 56.0 Å². The molecule has 0 amide bonds. The Kier molecular flexibility index (Phi) is 19.2. The number of carboxylic acid groups (broad SMARTS) is 3. The van der Waals surface area contributed by atoms with Crippen molar-refractivity contribution in [3.8, 4) is 0 Å². The molecule has 0 fully saturated rings. The minimum Gasteiger partial charge on any atom is -0.544 e. The first kappa shape index (κ1) is 25.8. The number of carboxylic acids is 3. The molecule has 108 valence electrons. The summed E-state index contributed by atoms with van der Waals surface area (Å²) in [6, 6.07) is 0. The van der Waals surface area contributed by atoms with Gasteiger partial charge in [-0.2, -0.15) is 0 Å². The second-order valence-corrected chi connectivity index (χ2v) is 1.86. The van der Waals surface area contributed by atoms with Crippen molar-refractivity contribution in [3.05, 3.63) is 0 Å². The zero-order valence-electron chi connectivity index (χ0n) is 8.53. The summed E-state index contributed by atoms with van der Waals surface area (Å²) in [5.41, 5.74) is 0. The smallest absolute Gasteiger partial charge is 0.544 e. The van der Waals surface area contributed by atoms with Crippen LogP contribution in [0.4, 0.5) is 26.3 Å². The van der Waals surface area contributed by atoms with E-state index in [2.05, 4.69) is 0 Å². The largest absolute Gasteiger partial charge is 3.00 e. The van der Waals surface area contributed by atoms with Crippen LogP contribution in [0, 0.1) is 0 Å². The summed E-state index contributed by atoms with van der Waals surface area (Å²) in [5.74, 6) is -6.97. The fourth-order valence-corrected chi connectivity index (χ4v) is 0. The molecule has 0 radical (unpaired) electrons. The number of alkyl halides is 6. The summed E-state index contributed by atoms with van der Waals surface area (Å²) in [6.45, 7) is 0. The van der Waals surface area contributed by atoms with E-state index < -0.39 is 37.2 Å². The van der Waals surface area contributed by atoms with E-state index in [-0.39, 0.29) is 8.41 Å². The van der Waals surface area contributed by atoms with Gasteiger partial charge in [-0.3, -0.25) is 0 Å². The number of aliphatic carboxylic acids is 3. The molecule has 0 aliphatic carbocycles. The molecule has 0 saturated heterocycles. The third kappa shape index (κ3) is 31.4. The van der Waals surface area contributed by atoms with Crippen LogP contribution < -0.4 is 15.3 Å². The molecular weight excluding hydrogens is 293 g/mol. The Labute approximate surface area is 103 Å². The van der Waals surface area contributed by atoms with Gasteiger partial charge in [0.2, 0.25) is 0 Å². The third-order valence-corrected chi connectivity index (χ3v) is 0.535. The first-order chi connectivity index (χ1) is 7.93. The molecule has 0 N–H and O–H groups in total. The Balaban J connectivity index is -0.0000000865. The van der Waals surface area contributed by atoms with Crippen molar-refractivity contribution in [1.29, 1.82) is 0 Å². The van der Waals surface area contributed by atoms with Crippen LogP contribution in [0.15, 0.2) is 0 Å². The van der Waals surface area contributed by atoms with E-state index in [1.54, 1.807) is 0 Å². The maximum absolute atomic E-state index is 10.5. The number of carbonyl (C=O) groups is 3. The maximum atomic E-state index is 10.5. The fraction of sp³-hybridized carbons (Fsp3) is 0.500. The van der Waals surface area contributed by atoms with E-state index in [0.717, 1.165) is 0 Å². The Morgan fingerprint density at radius 1 is 0.579 bits per heavy atom. The zero-order chi connectivity index (χ0) is 15.5. The predicted octanol–water partition coefficient (Wildman–Crippen LogP) is -3.38. The van der Waals surface area contributed by atoms with Crippen LogP contribution in [0.1, 0.15) is 0 Å². The number of hydrogen-bond donors (Lipinski definition) is 0. The molecule has 0 aromatic rings. The van der Waals surface area contributed by atoms with E-state index in [9.17, 15) is 26.3 Å². The van der Waals surface area contributed by atoms with Gasteiger partial charge in [0, 0.05) is 0 Å². The predicted molar refractivity (Wildman–Crippen MR) is 38.8 cm³/mol. The zero-order valence-corrected chi connectivity index (χ0v) is 8.53. The van der Waals surface area contributed by atoms with E-state index in [1.165, 1.54) is 0 Å². The first-order valence-electron chi connectivity index (χ1n) is 3.40. The summed E-state index contributed by atoms with van der Waals surface area (Å²) < 4.78 is 63.0. The standard InChI is InChI=1S/3C2H2F2O2.B/c3*3-1(4)2(5)6;/h3*1H,(H,5,6);/q;;;+3/p-3. The van der Waals surface area contributed by atoms with Gasteiger partial charge in [-0.05, 0) is 0 Å². The summed E-state index contributed by atoms with van der Waals surface area (Å²) in [6.07, 6.45) is -10.0. The maximum Gasteiger partial charge on any atom is 3.00 e. The van der Waals surface area contributed by atoms with Crippen molar-refractivity contribution in [2.45, 2.75) is 19.3 Å². The normalized spacial score (nSPS) is 8.68. The minimum absolute atomic E-state index is 0. The van der Waals surface area contributed by atoms with Crippen LogP contribution in [0.2, 0.25) is 0 Å². The molecule has 0 atom stereocenters. The Hall–Kier alpha value is -1.95. The number of hydrogen-bond acceptors (Lipinski definition) is 6. The average molecular weight is 296 g/mol. The van der Waals surface area contributed by atoms with Crippen LogP contribution >= 0.6 is 0 Å². The second-order valence-electron chi connectivity index (χ2n) is 1.86. The summed E-state index contributed by atoms with van der Waals surface area (Å²) >= 11 is 0. The van der Waals surface area contributed by atoms with Gasteiger partial charge < -0.3 is 29.7 Å². The molecule has 0 aromatic carbocycles. The van der Waals surface area contributed by atoms with E-state index in [4.69, 9.17) is 29.7 Å². The molecule has 13 heteroatoms. The van der Waals surface area contributed by atoms with Crippen molar-refractivity contribution in [2.75, 3.05) is 0 Å². The van der Waals surface area contributed by atoms with Gasteiger partial charge in [0.15, 0.2) is 0 Å². The van der Waals surface area contributed by atoms with Crippen LogP contribution in [0.25, 0.3) is 0 Å². The Morgan fingerprint density at radius 2 is 0.632 bits per heavy atom. The summed E-state index contributed by atoms with van der Waals surface area (Å²) in [5, 5.41) is 26.5. The fourth-order valence-electron chi connectivity index (χ4n) is 0.